The first-order valence-electron chi connectivity index (χ1n) is 8.93. The highest BCUT2D eigenvalue weighted by Crippen LogP contribution is 2.21. The minimum atomic E-state index is -0.647. The van der Waals surface area contributed by atoms with Crippen LogP contribution >= 0.6 is 11.3 Å². The molecule has 1 aliphatic heterocycles. The van der Waals surface area contributed by atoms with E-state index in [0.29, 0.717) is 23.5 Å². The van der Waals surface area contributed by atoms with Crippen molar-refractivity contribution < 1.29 is 19.1 Å². The number of thiophene rings is 1. The van der Waals surface area contributed by atoms with Crippen LogP contribution in [-0.2, 0) is 19.1 Å². The molecule has 0 radical (unpaired) electrons. The number of benzene rings is 1. The van der Waals surface area contributed by atoms with E-state index in [4.69, 9.17) is 10.00 Å². The van der Waals surface area contributed by atoms with E-state index >= 15 is 0 Å². The lowest BCUT2D eigenvalue weighted by Crippen LogP contribution is -2.25. The number of hydrogen-bond acceptors (Lipinski definition) is 7. The number of esters is 1. The molecule has 0 saturated heterocycles. The molecule has 3 rings (SSSR count). The van der Waals surface area contributed by atoms with Crippen molar-refractivity contribution in [3.8, 4) is 6.07 Å². The topological polar surface area (TPSA) is 112 Å². The fourth-order valence-electron chi connectivity index (χ4n) is 2.68. The summed E-state index contributed by atoms with van der Waals surface area (Å²) in [5.74, 6) is -1.46. The second-order valence-electron chi connectivity index (χ2n) is 6.16. The van der Waals surface area contributed by atoms with Gasteiger partial charge < -0.3 is 10.1 Å². The largest absolute Gasteiger partial charge is 0.456 e. The third-order valence-corrected chi connectivity index (χ3v) is 4.97. The molecule has 0 aliphatic carbocycles. The van der Waals surface area contributed by atoms with Gasteiger partial charge in [-0.3, -0.25) is 14.4 Å². The van der Waals surface area contributed by atoms with Gasteiger partial charge in [-0.2, -0.15) is 10.4 Å². The fourth-order valence-corrected chi connectivity index (χ4v) is 3.44. The Hall–Kier alpha value is -3.51. The number of amides is 2. The van der Waals surface area contributed by atoms with Gasteiger partial charge in [-0.15, -0.1) is 11.3 Å². The number of rotatable bonds is 7. The lowest BCUT2D eigenvalue weighted by Gasteiger charge is -2.11. The van der Waals surface area contributed by atoms with Gasteiger partial charge in [-0.1, -0.05) is 30.3 Å². The maximum atomic E-state index is 12.2. The first-order chi connectivity index (χ1) is 14.1. The molecule has 1 N–H and O–H groups in total. The van der Waals surface area contributed by atoms with Crippen molar-refractivity contribution >= 4 is 39.8 Å². The molecule has 0 saturated carbocycles. The van der Waals surface area contributed by atoms with Crippen molar-refractivity contribution in [1.29, 1.82) is 5.26 Å². The summed E-state index contributed by atoms with van der Waals surface area (Å²) in [6, 6.07) is 13.1. The van der Waals surface area contributed by atoms with E-state index in [0.717, 1.165) is 11.3 Å². The Labute approximate surface area is 171 Å². The number of nitriles is 1. The molecule has 0 bridgehead atoms. The second kappa shape index (κ2) is 9.61. The Bertz CT molecular complexity index is 978. The lowest BCUT2D eigenvalue weighted by atomic mass is 10.1. The molecule has 2 heterocycles. The van der Waals surface area contributed by atoms with Gasteiger partial charge in [0.05, 0.1) is 24.2 Å². The van der Waals surface area contributed by atoms with Crippen molar-refractivity contribution in [2.75, 3.05) is 18.5 Å². The van der Waals surface area contributed by atoms with Gasteiger partial charge in [0.25, 0.3) is 5.91 Å². The molecule has 2 aromatic rings. The monoisotopic (exact) mass is 410 g/mol. The number of ether oxygens (including phenoxy) is 1. The highest BCUT2D eigenvalue weighted by molar-refractivity contribution is 7.14. The summed E-state index contributed by atoms with van der Waals surface area (Å²) in [5.41, 5.74) is 2.16. The van der Waals surface area contributed by atoms with Crippen molar-refractivity contribution in [3.05, 3.63) is 52.9 Å². The Morgan fingerprint density at radius 1 is 1.21 bits per heavy atom. The van der Waals surface area contributed by atoms with Crippen LogP contribution in [0.3, 0.4) is 0 Å². The minimum absolute atomic E-state index is 0.0461. The molecule has 9 heteroatoms. The molecule has 8 nitrogen and oxygen atoms in total. The van der Waals surface area contributed by atoms with Crippen molar-refractivity contribution in [2.24, 2.45) is 5.10 Å². The van der Waals surface area contributed by atoms with Crippen LogP contribution in [-0.4, -0.2) is 41.7 Å². The quantitative estimate of drug-likeness (QED) is 0.705. The Balaban J connectivity index is 1.40. The van der Waals surface area contributed by atoms with Crippen LogP contribution in [0.25, 0.3) is 0 Å². The van der Waals surface area contributed by atoms with E-state index in [9.17, 15) is 14.4 Å². The van der Waals surface area contributed by atoms with Gasteiger partial charge in [0, 0.05) is 12.8 Å². The number of nitrogens with zero attached hydrogens (tertiary/aromatic N) is 3. The SMILES string of the molecule is N#Cc1ccsc1NC(=O)COC(=O)CCC(=O)N1CCC(c2ccccc2)=N1. The van der Waals surface area contributed by atoms with Crippen LogP contribution in [0.2, 0.25) is 0 Å². The van der Waals surface area contributed by atoms with Crippen LogP contribution < -0.4 is 5.32 Å². The molecule has 1 aliphatic rings. The predicted molar refractivity (Wildman–Crippen MR) is 107 cm³/mol. The predicted octanol–water partition coefficient (Wildman–Crippen LogP) is 2.52. The summed E-state index contributed by atoms with van der Waals surface area (Å²) >= 11 is 1.21. The van der Waals surface area contributed by atoms with Gasteiger partial charge in [-0.25, -0.2) is 5.01 Å². The lowest BCUT2D eigenvalue weighted by molar-refractivity contribution is -0.148. The molecule has 1 aromatic heterocycles. The number of anilines is 1. The molecule has 2 amide bonds. The zero-order chi connectivity index (χ0) is 20.6. The molecule has 0 unspecified atom stereocenters. The van der Waals surface area contributed by atoms with E-state index in [-0.39, 0.29) is 18.7 Å². The highest BCUT2D eigenvalue weighted by Gasteiger charge is 2.22. The standard InChI is InChI=1S/C20H18N4O4S/c21-12-15-9-11-29-20(15)22-17(25)13-28-19(27)7-6-18(26)24-10-8-16(23-24)14-4-2-1-3-5-14/h1-5,9,11H,6-8,10,13H2,(H,22,25). The van der Waals surface area contributed by atoms with Gasteiger partial charge in [0.15, 0.2) is 6.61 Å². The Morgan fingerprint density at radius 3 is 2.76 bits per heavy atom. The zero-order valence-corrected chi connectivity index (χ0v) is 16.3. The molecular formula is C20H18N4O4S. The van der Waals surface area contributed by atoms with E-state index < -0.39 is 18.5 Å². The summed E-state index contributed by atoms with van der Waals surface area (Å²) in [4.78, 5) is 35.9. The maximum Gasteiger partial charge on any atom is 0.306 e. The average molecular weight is 410 g/mol. The number of nitrogens with one attached hydrogen (secondary N) is 1. The third kappa shape index (κ3) is 5.49. The molecule has 0 spiro atoms. The number of hydrazone groups is 1. The van der Waals surface area contributed by atoms with E-state index in [2.05, 4.69) is 10.4 Å². The first-order valence-corrected chi connectivity index (χ1v) is 9.81. The van der Waals surface area contributed by atoms with E-state index in [1.807, 2.05) is 36.4 Å². The Kier molecular flexibility index (Phi) is 6.71. The van der Waals surface area contributed by atoms with Crippen LogP contribution in [0.1, 0.15) is 30.4 Å². The summed E-state index contributed by atoms with van der Waals surface area (Å²) < 4.78 is 4.89. The molecule has 148 valence electrons. The first kappa shape index (κ1) is 20.2. The summed E-state index contributed by atoms with van der Waals surface area (Å²) in [6.07, 6.45) is 0.477. The number of carbonyl (C=O) groups excluding carboxylic acids is 3. The molecule has 0 fully saturated rings. The molecular weight excluding hydrogens is 392 g/mol. The summed E-state index contributed by atoms with van der Waals surface area (Å²) in [7, 11) is 0. The van der Waals surface area contributed by atoms with Gasteiger partial charge in [0.1, 0.15) is 11.1 Å². The molecule has 1 aromatic carbocycles. The summed E-state index contributed by atoms with van der Waals surface area (Å²) in [6.45, 7) is -0.00162. The van der Waals surface area contributed by atoms with Crippen LogP contribution in [0.5, 0.6) is 0 Å². The maximum absolute atomic E-state index is 12.2. The average Bonchev–Trinajstić information content (AvgIpc) is 3.40. The zero-order valence-electron chi connectivity index (χ0n) is 15.5. The van der Waals surface area contributed by atoms with Crippen LogP contribution in [0, 0.1) is 11.3 Å². The normalized spacial score (nSPS) is 12.8. The number of carbonyl (C=O) groups is 3. The van der Waals surface area contributed by atoms with Crippen LogP contribution in [0.4, 0.5) is 5.00 Å². The van der Waals surface area contributed by atoms with E-state index in [1.54, 1.807) is 11.4 Å². The third-order valence-electron chi connectivity index (χ3n) is 4.14. The Morgan fingerprint density at radius 2 is 2.00 bits per heavy atom. The van der Waals surface area contributed by atoms with Crippen LogP contribution in [0.15, 0.2) is 46.9 Å². The van der Waals surface area contributed by atoms with Gasteiger partial charge in [0.2, 0.25) is 5.91 Å². The van der Waals surface area contributed by atoms with Gasteiger partial charge >= 0.3 is 5.97 Å². The number of hydrogen-bond donors (Lipinski definition) is 1. The van der Waals surface area contributed by atoms with Crippen molar-refractivity contribution in [2.45, 2.75) is 19.3 Å². The highest BCUT2D eigenvalue weighted by atomic mass is 32.1. The van der Waals surface area contributed by atoms with Crippen molar-refractivity contribution in [1.82, 2.24) is 5.01 Å². The van der Waals surface area contributed by atoms with Gasteiger partial charge in [-0.05, 0) is 17.0 Å². The van der Waals surface area contributed by atoms with Crippen molar-refractivity contribution in [3.63, 3.8) is 0 Å². The minimum Gasteiger partial charge on any atom is -0.456 e. The fraction of sp³-hybridized carbons (Fsp3) is 0.250. The van der Waals surface area contributed by atoms with E-state index in [1.165, 1.54) is 16.3 Å². The molecule has 29 heavy (non-hydrogen) atoms. The smallest absolute Gasteiger partial charge is 0.306 e. The second-order valence-corrected chi connectivity index (χ2v) is 7.08. The molecule has 0 atom stereocenters. The summed E-state index contributed by atoms with van der Waals surface area (Å²) in [5, 5.41) is 19.2.